The highest BCUT2D eigenvalue weighted by molar-refractivity contribution is 5.89. The summed E-state index contributed by atoms with van der Waals surface area (Å²) in [6.45, 7) is 13.6. The van der Waals surface area contributed by atoms with E-state index in [1.807, 2.05) is 0 Å². The third-order valence-corrected chi connectivity index (χ3v) is 6.16. The summed E-state index contributed by atoms with van der Waals surface area (Å²) in [7, 11) is 0. The standard InChI is InChI=1S/C39H27FO6/c1-6-37(41)46-36-24-34(35(40)23-31(36)18-11-29-14-21-33(22-15-29)45-39(43)26(4)5)30-16-9-27(10-17-30)7-8-28-12-19-32(20-13-28)44-38(42)25(2)3/h6,9-10,12-17,19-24H,1-2,4H2,3,5H3. The van der Waals surface area contributed by atoms with Gasteiger partial charge in [0.1, 0.15) is 23.1 Å². The summed E-state index contributed by atoms with van der Waals surface area (Å²) in [4.78, 5) is 35.5. The molecule has 7 heteroatoms. The summed E-state index contributed by atoms with van der Waals surface area (Å²) < 4.78 is 31.1. The lowest BCUT2D eigenvalue weighted by molar-refractivity contribution is -0.130. The minimum Gasteiger partial charge on any atom is -0.423 e. The van der Waals surface area contributed by atoms with Crippen LogP contribution in [0.3, 0.4) is 0 Å². The zero-order chi connectivity index (χ0) is 33.2. The molecule has 0 aliphatic heterocycles. The van der Waals surface area contributed by atoms with E-state index in [9.17, 15) is 14.4 Å². The van der Waals surface area contributed by atoms with Crippen molar-refractivity contribution in [3.8, 4) is 52.1 Å². The number of carbonyl (C=O) groups excluding carboxylic acids is 3. The summed E-state index contributed by atoms with van der Waals surface area (Å²) >= 11 is 0. The molecular weight excluding hydrogens is 583 g/mol. The Labute approximate surface area is 266 Å². The van der Waals surface area contributed by atoms with E-state index in [-0.39, 0.29) is 22.4 Å². The molecule has 6 nitrogen and oxygen atoms in total. The normalized spacial score (nSPS) is 9.80. The van der Waals surface area contributed by atoms with E-state index in [0.717, 1.165) is 6.08 Å². The van der Waals surface area contributed by atoms with Crippen LogP contribution in [0.5, 0.6) is 17.2 Å². The first-order valence-electron chi connectivity index (χ1n) is 13.8. The van der Waals surface area contributed by atoms with Crippen LogP contribution in [0.1, 0.15) is 36.1 Å². The maximum absolute atomic E-state index is 15.4. The van der Waals surface area contributed by atoms with Gasteiger partial charge < -0.3 is 14.2 Å². The number of carbonyl (C=O) groups is 3. The molecule has 0 spiro atoms. The second-order valence-electron chi connectivity index (χ2n) is 9.92. The lowest BCUT2D eigenvalue weighted by Gasteiger charge is -2.10. The molecule has 0 aliphatic carbocycles. The number of esters is 3. The molecule has 0 N–H and O–H groups in total. The highest BCUT2D eigenvalue weighted by Crippen LogP contribution is 2.31. The SMILES string of the molecule is C=CC(=O)Oc1cc(-c2ccc(C#Cc3ccc(OC(=O)C(=C)C)cc3)cc2)c(F)cc1C#Cc1ccc(OC(=O)C(=C)C)cc1. The maximum Gasteiger partial charge on any atom is 0.338 e. The fraction of sp³-hybridized carbons (Fsp3) is 0.0513. The third-order valence-electron chi connectivity index (χ3n) is 6.16. The van der Waals surface area contributed by atoms with Crippen LogP contribution in [-0.2, 0) is 14.4 Å². The van der Waals surface area contributed by atoms with Gasteiger partial charge >= 0.3 is 17.9 Å². The average Bonchev–Trinajstić information content (AvgIpc) is 3.05. The number of hydrogen-bond donors (Lipinski definition) is 0. The van der Waals surface area contributed by atoms with Crippen molar-refractivity contribution < 1.29 is 33.0 Å². The molecule has 4 aromatic rings. The smallest absolute Gasteiger partial charge is 0.338 e. The van der Waals surface area contributed by atoms with Crippen molar-refractivity contribution in [1.29, 1.82) is 0 Å². The molecule has 0 amide bonds. The minimum atomic E-state index is -0.725. The molecule has 0 saturated heterocycles. The second kappa shape index (κ2) is 14.8. The maximum atomic E-state index is 15.4. The molecule has 46 heavy (non-hydrogen) atoms. The van der Waals surface area contributed by atoms with Gasteiger partial charge in [0.2, 0.25) is 0 Å². The van der Waals surface area contributed by atoms with Gasteiger partial charge in [0, 0.05) is 39.5 Å². The van der Waals surface area contributed by atoms with Crippen molar-refractivity contribution in [2.75, 3.05) is 0 Å². The average molecular weight is 611 g/mol. The second-order valence-corrected chi connectivity index (χ2v) is 9.92. The fourth-order valence-electron chi connectivity index (χ4n) is 3.72. The van der Waals surface area contributed by atoms with Gasteiger partial charge in [0.05, 0.1) is 5.56 Å². The number of rotatable bonds is 7. The van der Waals surface area contributed by atoms with Crippen LogP contribution in [-0.4, -0.2) is 17.9 Å². The molecule has 0 radical (unpaired) electrons. The van der Waals surface area contributed by atoms with Gasteiger partial charge in [0.25, 0.3) is 0 Å². The Morgan fingerprint density at radius 2 is 1.09 bits per heavy atom. The number of ether oxygens (including phenoxy) is 3. The molecule has 226 valence electrons. The van der Waals surface area contributed by atoms with E-state index >= 15 is 4.39 Å². The molecule has 0 bridgehead atoms. The molecule has 0 saturated carbocycles. The summed E-state index contributed by atoms with van der Waals surface area (Å²) in [5.74, 6) is 10.2. The molecule has 0 atom stereocenters. The Hall–Kier alpha value is -6.44. The zero-order valence-corrected chi connectivity index (χ0v) is 25.1. The Morgan fingerprint density at radius 3 is 1.52 bits per heavy atom. The summed E-state index contributed by atoms with van der Waals surface area (Å²) in [6, 6.07) is 22.6. The molecule has 0 unspecified atom stereocenters. The van der Waals surface area contributed by atoms with Gasteiger partial charge in [0.15, 0.2) is 0 Å². The van der Waals surface area contributed by atoms with Crippen LogP contribution in [0.4, 0.5) is 4.39 Å². The Kier molecular flexibility index (Phi) is 10.5. The highest BCUT2D eigenvalue weighted by atomic mass is 19.1. The first-order valence-corrected chi connectivity index (χ1v) is 13.8. The third kappa shape index (κ3) is 8.79. The Balaban J connectivity index is 1.55. The lowest BCUT2D eigenvalue weighted by Crippen LogP contribution is -2.07. The topological polar surface area (TPSA) is 78.9 Å². The van der Waals surface area contributed by atoms with Crippen LogP contribution < -0.4 is 14.2 Å². The zero-order valence-electron chi connectivity index (χ0n) is 25.1. The number of halogens is 1. The van der Waals surface area contributed by atoms with E-state index in [4.69, 9.17) is 14.2 Å². The van der Waals surface area contributed by atoms with Crippen molar-refractivity contribution in [3.63, 3.8) is 0 Å². The van der Waals surface area contributed by atoms with Crippen molar-refractivity contribution in [2.45, 2.75) is 13.8 Å². The molecule has 0 fully saturated rings. The molecule has 4 aromatic carbocycles. The van der Waals surface area contributed by atoms with Gasteiger partial charge in [-0.1, -0.05) is 55.6 Å². The summed E-state index contributed by atoms with van der Waals surface area (Å²) in [5.41, 5.74) is 3.39. The van der Waals surface area contributed by atoms with Crippen molar-refractivity contribution in [2.24, 2.45) is 0 Å². The van der Waals surface area contributed by atoms with E-state index in [1.54, 1.807) is 86.6 Å². The summed E-state index contributed by atoms with van der Waals surface area (Å²) in [5, 5.41) is 0. The van der Waals surface area contributed by atoms with Crippen molar-refractivity contribution in [3.05, 3.63) is 150 Å². The first-order chi connectivity index (χ1) is 22.0. The van der Waals surface area contributed by atoms with Gasteiger partial charge in [-0.2, -0.15) is 0 Å². The van der Waals surface area contributed by atoms with Gasteiger partial charge in [-0.15, -0.1) is 0 Å². The van der Waals surface area contributed by atoms with Crippen LogP contribution in [0.2, 0.25) is 0 Å². The number of hydrogen-bond acceptors (Lipinski definition) is 6. The predicted octanol–water partition coefficient (Wildman–Crippen LogP) is 7.35. The van der Waals surface area contributed by atoms with Crippen LogP contribution >= 0.6 is 0 Å². The minimum absolute atomic E-state index is 0.0575. The fourth-order valence-corrected chi connectivity index (χ4v) is 3.72. The van der Waals surface area contributed by atoms with Crippen LogP contribution in [0.15, 0.2) is 122 Å². The van der Waals surface area contributed by atoms with Crippen LogP contribution in [0, 0.1) is 29.5 Å². The predicted molar refractivity (Wildman–Crippen MR) is 173 cm³/mol. The van der Waals surface area contributed by atoms with Gasteiger partial charge in [-0.25, -0.2) is 18.8 Å². The van der Waals surface area contributed by atoms with Crippen LogP contribution in [0.25, 0.3) is 11.1 Å². The molecular formula is C39H27FO6. The Morgan fingerprint density at radius 1 is 0.652 bits per heavy atom. The van der Waals surface area contributed by atoms with Gasteiger partial charge in [-0.3, -0.25) is 0 Å². The highest BCUT2D eigenvalue weighted by Gasteiger charge is 2.14. The summed E-state index contributed by atoms with van der Waals surface area (Å²) in [6.07, 6.45) is 1.00. The molecule has 0 heterocycles. The van der Waals surface area contributed by atoms with Crippen molar-refractivity contribution in [1.82, 2.24) is 0 Å². The largest absolute Gasteiger partial charge is 0.423 e. The van der Waals surface area contributed by atoms with E-state index in [0.29, 0.717) is 39.3 Å². The quantitative estimate of drug-likeness (QED) is 0.0943. The van der Waals surface area contributed by atoms with E-state index < -0.39 is 23.7 Å². The molecule has 4 rings (SSSR count). The van der Waals surface area contributed by atoms with Gasteiger partial charge in [-0.05, 0) is 92.2 Å². The monoisotopic (exact) mass is 610 g/mol. The molecule has 0 aliphatic rings. The Bertz CT molecular complexity index is 1980. The van der Waals surface area contributed by atoms with Crippen molar-refractivity contribution >= 4 is 17.9 Å². The van der Waals surface area contributed by atoms with E-state index in [1.165, 1.54) is 12.1 Å². The first kappa shape index (κ1) is 32.5. The number of benzene rings is 4. The molecule has 0 aromatic heterocycles. The lowest BCUT2D eigenvalue weighted by atomic mass is 10.0. The van der Waals surface area contributed by atoms with E-state index in [2.05, 4.69) is 43.4 Å².